The van der Waals surface area contributed by atoms with Crippen molar-refractivity contribution in [3.63, 3.8) is 0 Å². The second kappa shape index (κ2) is 5.51. The van der Waals surface area contributed by atoms with Crippen LogP contribution in [-0.4, -0.2) is 17.8 Å². The molecule has 2 fully saturated rings. The number of amides is 1. The molecule has 1 aromatic carbocycles. The minimum atomic E-state index is -0.229. The van der Waals surface area contributed by atoms with Gasteiger partial charge in [-0.2, -0.15) is 0 Å². The highest BCUT2D eigenvalue weighted by Gasteiger charge is 2.51. The molecule has 2 saturated carbocycles. The third-order valence-corrected chi connectivity index (χ3v) is 6.27. The van der Waals surface area contributed by atoms with Gasteiger partial charge in [-0.25, -0.2) is 0 Å². The third-order valence-electron chi connectivity index (χ3n) is 5.08. The molecule has 0 unspecified atom stereocenters. The van der Waals surface area contributed by atoms with Crippen LogP contribution >= 0.6 is 15.9 Å². The zero-order valence-electron chi connectivity index (χ0n) is 11.8. The number of nitrogens with one attached hydrogen (secondary N) is 1. The monoisotopic (exact) mass is 335 g/mol. The van der Waals surface area contributed by atoms with Gasteiger partial charge < -0.3 is 5.32 Å². The Labute approximate surface area is 129 Å². The van der Waals surface area contributed by atoms with Crippen LogP contribution in [0.3, 0.4) is 0 Å². The average Bonchev–Trinajstić information content (AvgIpc) is 3.19. The number of rotatable bonds is 5. The predicted molar refractivity (Wildman–Crippen MR) is 85.1 cm³/mol. The van der Waals surface area contributed by atoms with Crippen LogP contribution in [0.15, 0.2) is 30.3 Å². The first kappa shape index (κ1) is 14.1. The maximum absolute atomic E-state index is 12.6. The van der Waals surface area contributed by atoms with E-state index in [-0.39, 0.29) is 11.3 Å². The fourth-order valence-corrected chi connectivity index (χ4v) is 4.21. The van der Waals surface area contributed by atoms with E-state index in [1.807, 2.05) is 18.2 Å². The molecule has 3 rings (SSSR count). The van der Waals surface area contributed by atoms with Crippen molar-refractivity contribution in [2.24, 2.45) is 5.41 Å². The Morgan fingerprint density at radius 2 is 1.75 bits per heavy atom. The lowest BCUT2D eigenvalue weighted by molar-refractivity contribution is -0.124. The Kier molecular flexibility index (Phi) is 3.89. The van der Waals surface area contributed by atoms with Crippen molar-refractivity contribution >= 4 is 21.8 Å². The van der Waals surface area contributed by atoms with E-state index in [0.717, 1.165) is 24.7 Å². The standard InChI is InChI=1S/C17H22BrNO/c18-12-16(8-4-5-9-16)13-19-15(20)17(10-11-17)14-6-2-1-3-7-14/h1-3,6-7H,4-5,8-13H2,(H,19,20). The van der Waals surface area contributed by atoms with E-state index in [1.54, 1.807) is 0 Å². The van der Waals surface area contributed by atoms with Gasteiger partial charge >= 0.3 is 0 Å². The van der Waals surface area contributed by atoms with Crippen LogP contribution in [-0.2, 0) is 10.2 Å². The Balaban J connectivity index is 1.65. The lowest BCUT2D eigenvalue weighted by atomic mass is 9.88. The number of carbonyl (C=O) groups is 1. The van der Waals surface area contributed by atoms with Crippen LogP contribution in [0.1, 0.15) is 44.1 Å². The molecule has 0 radical (unpaired) electrons. The largest absolute Gasteiger partial charge is 0.355 e. The maximum Gasteiger partial charge on any atom is 0.230 e. The molecule has 0 spiro atoms. The van der Waals surface area contributed by atoms with Gasteiger partial charge in [0, 0.05) is 11.9 Å². The molecule has 0 saturated heterocycles. The molecule has 1 amide bonds. The van der Waals surface area contributed by atoms with Gasteiger partial charge in [0.1, 0.15) is 0 Å². The fourth-order valence-electron chi connectivity index (χ4n) is 3.45. The summed E-state index contributed by atoms with van der Waals surface area (Å²) in [5.41, 5.74) is 1.24. The summed E-state index contributed by atoms with van der Waals surface area (Å²) in [5, 5.41) is 4.25. The Bertz CT molecular complexity index is 475. The smallest absolute Gasteiger partial charge is 0.230 e. The van der Waals surface area contributed by atoms with Gasteiger partial charge in [0.2, 0.25) is 5.91 Å². The molecule has 1 N–H and O–H groups in total. The van der Waals surface area contributed by atoms with Gasteiger partial charge in [-0.3, -0.25) is 4.79 Å². The molecule has 2 aliphatic rings. The van der Waals surface area contributed by atoms with Crippen LogP contribution in [0.4, 0.5) is 0 Å². The molecular weight excluding hydrogens is 314 g/mol. The van der Waals surface area contributed by atoms with E-state index in [2.05, 4.69) is 33.4 Å². The van der Waals surface area contributed by atoms with Crippen molar-refractivity contribution < 1.29 is 4.79 Å². The summed E-state index contributed by atoms with van der Waals surface area (Å²) in [6.07, 6.45) is 7.04. The maximum atomic E-state index is 12.6. The molecule has 2 aliphatic carbocycles. The van der Waals surface area contributed by atoms with E-state index in [4.69, 9.17) is 0 Å². The lowest BCUT2D eigenvalue weighted by Gasteiger charge is -2.28. The number of alkyl halides is 1. The molecule has 0 aromatic heterocycles. The Hall–Kier alpha value is -0.830. The SMILES string of the molecule is O=C(NCC1(CBr)CCCC1)C1(c2ccccc2)CC1. The van der Waals surface area contributed by atoms with Crippen molar-refractivity contribution in [3.8, 4) is 0 Å². The molecule has 0 aliphatic heterocycles. The molecule has 2 nitrogen and oxygen atoms in total. The van der Waals surface area contributed by atoms with Crippen molar-refractivity contribution in [1.82, 2.24) is 5.32 Å². The molecule has 3 heteroatoms. The van der Waals surface area contributed by atoms with Gasteiger partial charge in [-0.05, 0) is 36.7 Å². The summed E-state index contributed by atoms with van der Waals surface area (Å²) in [7, 11) is 0. The van der Waals surface area contributed by atoms with E-state index < -0.39 is 0 Å². The van der Waals surface area contributed by atoms with Gasteiger partial charge in [0.15, 0.2) is 0 Å². The number of hydrogen-bond acceptors (Lipinski definition) is 1. The highest BCUT2D eigenvalue weighted by atomic mass is 79.9. The number of carbonyl (C=O) groups excluding carboxylic acids is 1. The zero-order valence-corrected chi connectivity index (χ0v) is 13.4. The molecule has 0 bridgehead atoms. The van der Waals surface area contributed by atoms with E-state index in [1.165, 1.54) is 31.2 Å². The van der Waals surface area contributed by atoms with Crippen molar-refractivity contribution in [2.45, 2.75) is 43.9 Å². The Morgan fingerprint density at radius 1 is 1.10 bits per heavy atom. The zero-order chi connectivity index (χ0) is 14.1. The quantitative estimate of drug-likeness (QED) is 0.815. The lowest BCUT2D eigenvalue weighted by Crippen LogP contribution is -2.42. The fraction of sp³-hybridized carbons (Fsp3) is 0.588. The minimum Gasteiger partial charge on any atom is -0.355 e. The molecule has 0 heterocycles. The minimum absolute atomic E-state index is 0.229. The highest BCUT2D eigenvalue weighted by molar-refractivity contribution is 9.09. The normalized spacial score (nSPS) is 22.4. The summed E-state index contributed by atoms with van der Waals surface area (Å²) in [6.45, 7) is 0.825. The Morgan fingerprint density at radius 3 is 2.30 bits per heavy atom. The molecule has 20 heavy (non-hydrogen) atoms. The summed E-state index contributed by atoms with van der Waals surface area (Å²) in [6, 6.07) is 10.2. The molecule has 0 atom stereocenters. The molecule has 108 valence electrons. The van der Waals surface area contributed by atoms with E-state index in [9.17, 15) is 4.79 Å². The summed E-state index contributed by atoms with van der Waals surface area (Å²) < 4.78 is 0. The summed E-state index contributed by atoms with van der Waals surface area (Å²) >= 11 is 3.64. The number of halogens is 1. The van der Waals surface area contributed by atoms with Crippen molar-refractivity contribution in [3.05, 3.63) is 35.9 Å². The van der Waals surface area contributed by atoms with Crippen LogP contribution in [0.25, 0.3) is 0 Å². The summed E-state index contributed by atoms with van der Waals surface area (Å²) in [5.74, 6) is 0.232. The summed E-state index contributed by atoms with van der Waals surface area (Å²) in [4.78, 5) is 12.6. The third kappa shape index (κ3) is 2.52. The predicted octanol–water partition coefficient (Wildman–Crippen LogP) is 3.79. The van der Waals surface area contributed by atoms with E-state index >= 15 is 0 Å². The molecular formula is C17H22BrNO. The average molecular weight is 336 g/mol. The first-order valence-corrected chi connectivity index (χ1v) is 8.73. The van der Waals surface area contributed by atoms with Crippen molar-refractivity contribution in [1.29, 1.82) is 0 Å². The second-order valence-corrected chi connectivity index (χ2v) is 7.03. The number of benzene rings is 1. The van der Waals surface area contributed by atoms with Crippen LogP contribution in [0, 0.1) is 5.41 Å². The van der Waals surface area contributed by atoms with Gasteiger partial charge in [-0.15, -0.1) is 0 Å². The van der Waals surface area contributed by atoms with Crippen LogP contribution in [0.2, 0.25) is 0 Å². The van der Waals surface area contributed by atoms with Gasteiger partial charge in [0.05, 0.1) is 5.41 Å². The van der Waals surface area contributed by atoms with Crippen molar-refractivity contribution in [2.75, 3.05) is 11.9 Å². The molecule has 1 aromatic rings. The van der Waals surface area contributed by atoms with Gasteiger partial charge in [0.25, 0.3) is 0 Å². The van der Waals surface area contributed by atoms with Crippen LogP contribution in [0.5, 0.6) is 0 Å². The topological polar surface area (TPSA) is 29.1 Å². The highest BCUT2D eigenvalue weighted by Crippen LogP contribution is 2.48. The van der Waals surface area contributed by atoms with E-state index in [0.29, 0.717) is 5.41 Å². The first-order valence-electron chi connectivity index (χ1n) is 7.61. The number of hydrogen-bond donors (Lipinski definition) is 1. The van der Waals surface area contributed by atoms with Gasteiger partial charge in [-0.1, -0.05) is 59.1 Å². The first-order chi connectivity index (χ1) is 9.71. The second-order valence-electron chi connectivity index (χ2n) is 6.47. The van der Waals surface area contributed by atoms with Crippen LogP contribution < -0.4 is 5.32 Å².